The Morgan fingerprint density at radius 2 is 1.05 bits per heavy atom. The fourth-order valence-corrected chi connectivity index (χ4v) is 6.19. The van der Waals surface area contributed by atoms with E-state index in [1.54, 1.807) is 19.6 Å². The summed E-state index contributed by atoms with van der Waals surface area (Å²) in [5, 5.41) is 22.4. The maximum absolute atomic E-state index is 14.3. The largest absolute Gasteiger partial charge is 0.480 e. The predicted octanol–water partition coefficient (Wildman–Crippen LogP) is 6.10. The summed E-state index contributed by atoms with van der Waals surface area (Å²) in [6.45, 7) is 0.311. The zero-order chi connectivity index (χ0) is 29.5. The molecule has 2 atom stereocenters. The second-order valence-electron chi connectivity index (χ2n) is 10.8. The zero-order valence-electron chi connectivity index (χ0n) is 23.3. The van der Waals surface area contributed by atoms with Crippen LogP contribution in [0.3, 0.4) is 0 Å². The van der Waals surface area contributed by atoms with E-state index in [-0.39, 0.29) is 25.7 Å². The summed E-state index contributed by atoms with van der Waals surface area (Å²) < 4.78 is 0. The highest BCUT2D eigenvalue weighted by molar-refractivity contribution is 6.05. The molecule has 0 spiro atoms. The van der Waals surface area contributed by atoms with Crippen molar-refractivity contribution >= 4 is 59.1 Å². The molecule has 0 aromatic heterocycles. The third-order valence-electron chi connectivity index (χ3n) is 8.33. The van der Waals surface area contributed by atoms with Gasteiger partial charge in [0.1, 0.15) is 6.04 Å². The Bertz CT molecular complexity index is 1680. The number of piperazine rings is 1. The SMILES string of the molecule is O=C(O)[C@@H]1CN(C(=O)N2c3ccccc3C=Cc3ccccc32)CCN1C(O)N1c2ccccc2C=Cc2ccccc21. The van der Waals surface area contributed by atoms with Gasteiger partial charge in [-0.2, -0.15) is 0 Å². The number of carboxylic acid groups (broad SMARTS) is 1. The van der Waals surface area contributed by atoms with Crippen molar-refractivity contribution in [3.8, 4) is 0 Å². The molecule has 3 aliphatic rings. The van der Waals surface area contributed by atoms with Gasteiger partial charge in [0.05, 0.1) is 22.7 Å². The molecule has 2 amide bonds. The second kappa shape index (κ2) is 10.9. The van der Waals surface area contributed by atoms with E-state index in [0.29, 0.717) is 0 Å². The highest BCUT2D eigenvalue weighted by Gasteiger charge is 2.42. The zero-order valence-corrected chi connectivity index (χ0v) is 23.3. The number of aliphatic hydroxyl groups excluding tert-OH is 1. The average Bonchev–Trinajstić information content (AvgIpc) is 3.32. The molecular weight excluding hydrogens is 540 g/mol. The van der Waals surface area contributed by atoms with Crippen molar-refractivity contribution in [3.05, 3.63) is 119 Å². The van der Waals surface area contributed by atoms with Gasteiger partial charge in [-0.15, -0.1) is 0 Å². The molecule has 1 unspecified atom stereocenters. The third kappa shape index (κ3) is 4.67. The highest BCUT2D eigenvalue weighted by Crippen LogP contribution is 2.40. The number of rotatable bonds is 3. The van der Waals surface area contributed by atoms with Crippen LogP contribution in [0.1, 0.15) is 22.3 Å². The Balaban J connectivity index is 1.22. The minimum Gasteiger partial charge on any atom is -0.480 e. The predicted molar refractivity (Wildman–Crippen MR) is 169 cm³/mol. The molecule has 1 fully saturated rings. The van der Waals surface area contributed by atoms with Crippen molar-refractivity contribution in [3.63, 3.8) is 0 Å². The third-order valence-corrected chi connectivity index (χ3v) is 8.33. The lowest BCUT2D eigenvalue weighted by Gasteiger charge is -2.46. The van der Waals surface area contributed by atoms with Crippen LogP contribution >= 0.6 is 0 Å². The number of carbonyl (C=O) groups excluding carboxylic acids is 1. The van der Waals surface area contributed by atoms with Gasteiger partial charge >= 0.3 is 12.0 Å². The summed E-state index contributed by atoms with van der Waals surface area (Å²) >= 11 is 0. The minimum absolute atomic E-state index is 0.0884. The molecule has 1 saturated heterocycles. The molecule has 8 heteroatoms. The Morgan fingerprint density at radius 1 is 0.628 bits per heavy atom. The molecule has 0 saturated carbocycles. The first-order chi connectivity index (χ1) is 21.0. The number of carboxylic acids is 1. The van der Waals surface area contributed by atoms with Crippen LogP contribution in [-0.2, 0) is 4.79 Å². The average molecular weight is 571 g/mol. The van der Waals surface area contributed by atoms with E-state index in [1.165, 1.54) is 0 Å². The van der Waals surface area contributed by atoms with E-state index < -0.39 is 18.4 Å². The quantitative estimate of drug-likeness (QED) is 0.310. The number of aliphatic hydroxyl groups is 1. The normalized spacial score (nSPS) is 18.1. The number of fused-ring (bicyclic) bond motifs is 4. The van der Waals surface area contributed by atoms with Gasteiger partial charge in [-0.25, -0.2) is 9.69 Å². The van der Waals surface area contributed by atoms with Gasteiger partial charge in [-0.05, 0) is 46.5 Å². The van der Waals surface area contributed by atoms with Crippen LogP contribution in [0.5, 0.6) is 0 Å². The first kappa shape index (κ1) is 26.7. The molecule has 7 rings (SSSR count). The second-order valence-corrected chi connectivity index (χ2v) is 10.8. The smallest absolute Gasteiger partial charge is 0.329 e. The lowest BCUT2D eigenvalue weighted by molar-refractivity contribution is -0.151. The summed E-state index contributed by atoms with van der Waals surface area (Å²) in [5.74, 6) is -1.11. The van der Waals surface area contributed by atoms with Gasteiger partial charge in [0.25, 0.3) is 0 Å². The summed E-state index contributed by atoms with van der Waals surface area (Å²) in [5.41, 5.74) is 6.59. The van der Waals surface area contributed by atoms with Gasteiger partial charge in [0.2, 0.25) is 0 Å². The summed E-state index contributed by atoms with van der Waals surface area (Å²) in [6, 6.07) is 29.3. The van der Waals surface area contributed by atoms with E-state index in [4.69, 9.17) is 0 Å². The van der Waals surface area contributed by atoms with Crippen LogP contribution in [0.2, 0.25) is 0 Å². The molecule has 0 bridgehead atoms. The van der Waals surface area contributed by atoms with Crippen molar-refractivity contribution in [1.29, 1.82) is 0 Å². The maximum atomic E-state index is 14.3. The Labute approximate surface area is 249 Å². The molecule has 214 valence electrons. The number of amides is 2. The first-order valence-electron chi connectivity index (χ1n) is 14.3. The van der Waals surface area contributed by atoms with Gasteiger partial charge in [0.15, 0.2) is 6.35 Å². The topological polar surface area (TPSA) is 87.6 Å². The molecule has 8 nitrogen and oxygen atoms in total. The van der Waals surface area contributed by atoms with Crippen molar-refractivity contribution in [1.82, 2.24) is 9.80 Å². The van der Waals surface area contributed by atoms with Gasteiger partial charge < -0.3 is 20.0 Å². The number of nitrogens with zero attached hydrogens (tertiary/aromatic N) is 4. The molecule has 3 heterocycles. The fourth-order valence-electron chi connectivity index (χ4n) is 6.19. The number of urea groups is 1. The van der Waals surface area contributed by atoms with Gasteiger partial charge in [0, 0.05) is 19.6 Å². The van der Waals surface area contributed by atoms with Crippen LogP contribution in [-0.4, -0.2) is 64.0 Å². The molecule has 3 aliphatic heterocycles. The number of anilines is 4. The van der Waals surface area contributed by atoms with Crippen molar-refractivity contribution in [2.45, 2.75) is 12.4 Å². The Hall–Kier alpha value is -5.18. The molecule has 0 radical (unpaired) electrons. The number of para-hydroxylation sites is 4. The van der Waals surface area contributed by atoms with Crippen LogP contribution in [0, 0.1) is 0 Å². The Morgan fingerprint density at radius 3 is 1.51 bits per heavy atom. The van der Waals surface area contributed by atoms with Crippen LogP contribution in [0.15, 0.2) is 97.1 Å². The molecule has 43 heavy (non-hydrogen) atoms. The highest BCUT2D eigenvalue weighted by atomic mass is 16.4. The summed E-state index contributed by atoms with van der Waals surface area (Å²) in [7, 11) is 0. The van der Waals surface area contributed by atoms with Crippen LogP contribution in [0.25, 0.3) is 24.3 Å². The molecule has 4 aromatic rings. The molecule has 2 N–H and O–H groups in total. The van der Waals surface area contributed by atoms with Crippen molar-refractivity contribution < 1.29 is 19.8 Å². The maximum Gasteiger partial charge on any atom is 0.329 e. The van der Waals surface area contributed by atoms with Gasteiger partial charge in [-0.1, -0.05) is 97.1 Å². The van der Waals surface area contributed by atoms with E-state index in [0.717, 1.165) is 45.0 Å². The fraction of sp³-hybridized carbons (Fsp3) is 0.143. The monoisotopic (exact) mass is 570 g/mol. The van der Waals surface area contributed by atoms with Crippen LogP contribution < -0.4 is 9.80 Å². The van der Waals surface area contributed by atoms with Crippen LogP contribution in [0.4, 0.5) is 27.5 Å². The lowest BCUT2D eigenvalue weighted by atomic mass is 10.1. The first-order valence-corrected chi connectivity index (χ1v) is 14.3. The van der Waals surface area contributed by atoms with Crippen molar-refractivity contribution in [2.75, 3.05) is 29.4 Å². The van der Waals surface area contributed by atoms with Crippen molar-refractivity contribution in [2.24, 2.45) is 0 Å². The summed E-state index contributed by atoms with van der Waals surface area (Å²) in [6.07, 6.45) is 6.68. The number of hydrogen-bond donors (Lipinski definition) is 2. The number of aliphatic carboxylic acids is 1. The number of carbonyl (C=O) groups is 2. The van der Waals surface area contributed by atoms with Gasteiger partial charge in [-0.3, -0.25) is 9.69 Å². The van der Waals surface area contributed by atoms with E-state index in [1.807, 2.05) is 121 Å². The summed E-state index contributed by atoms with van der Waals surface area (Å²) in [4.78, 5) is 33.6. The number of benzene rings is 4. The van der Waals surface area contributed by atoms with E-state index in [9.17, 15) is 19.8 Å². The Kier molecular flexibility index (Phi) is 6.77. The molecule has 0 aliphatic carbocycles. The molecule has 4 aromatic carbocycles. The lowest BCUT2D eigenvalue weighted by Crippen LogP contribution is -2.64. The number of hydrogen-bond acceptors (Lipinski definition) is 5. The standard InChI is InChI=1S/C35H30N4O4/c40-33(41)32-23-36(34(42)38-28-13-5-1-9-24(28)17-18-25-10-2-6-14-29(25)38)21-22-37(32)35(43)39-30-15-7-3-11-26(30)19-20-27-12-4-8-16-31(27)39/h1-20,32,35,43H,21-23H2,(H,40,41)/t32-,35?/m0/s1. The minimum atomic E-state index is -1.29. The molecular formula is C35H30N4O4. The van der Waals surface area contributed by atoms with E-state index in [2.05, 4.69) is 0 Å². The van der Waals surface area contributed by atoms with E-state index >= 15 is 0 Å².